The van der Waals surface area contributed by atoms with Gasteiger partial charge in [0.1, 0.15) is 17.7 Å². The summed E-state index contributed by atoms with van der Waals surface area (Å²) >= 11 is 0. The second kappa shape index (κ2) is 9.97. The van der Waals surface area contributed by atoms with Gasteiger partial charge in [-0.2, -0.15) is 0 Å². The highest BCUT2D eigenvalue weighted by Gasteiger charge is 2.39. The number of aliphatic hydroxyl groups excluding tert-OH is 1. The average Bonchev–Trinajstić information content (AvgIpc) is 3.16. The van der Waals surface area contributed by atoms with Gasteiger partial charge >= 0.3 is 0 Å². The van der Waals surface area contributed by atoms with Gasteiger partial charge in [0.2, 0.25) is 6.35 Å². The molecule has 0 spiro atoms. The van der Waals surface area contributed by atoms with Crippen molar-refractivity contribution in [3.05, 3.63) is 41.3 Å². The molecule has 1 fully saturated rings. The Kier molecular flexibility index (Phi) is 7.05. The number of nitrogens with zero attached hydrogens (tertiary/aromatic N) is 5. The fraction of sp³-hybridized carbons (Fsp3) is 0.520. The molecule has 1 N–H and O–H groups in total. The minimum absolute atomic E-state index is 0.203. The molecule has 2 aliphatic rings. The van der Waals surface area contributed by atoms with Crippen LogP contribution in [0.5, 0.6) is 5.75 Å². The van der Waals surface area contributed by atoms with Crippen molar-refractivity contribution in [2.24, 2.45) is 7.05 Å². The monoisotopic (exact) mass is 453 g/mol. The van der Waals surface area contributed by atoms with Gasteiger partial charge in [-0.1, -0.05) is 25.1 Å². The van der Waals surface area contributed by atoms with Gasteiger partial charge in [-0.15, -0.1) is 0 Å². The number of anilines is 1. The zero-order valence-electron chi connectivity index (χ0n) is 20.1. The number of carbonyl (C=O) groups excluding carboxylic acids is 1. The molecule has 0 saturated carbocycles. The first-order valence-corrected chi connectivity index (χ1v) is 12.0. The van der Waals surface area contributed by atoms with Gasteiger partial charge in [0.05, 0.1) is 0 Å². The van der Waals surface area contributed by atoms with E-state index < -0.39 is 6.35 Å². The summed E-state index contributed by atoms with van der Waals surface area (Å²) in [5.41, 5.74) is 1.53. The number of ether oxygens (including phenoxy) is 1. The van der Waals surface area contributed by atoms with Crippen LogP contribution in [0.15, 0.2) is 24.3 Å². The summed E-state index contributed by atoms with van der Waals surface area (Å²) in [6.07, 6.45) is 5.30. The lowest BCUT2D eigenvalue weighted by Crippen LogP contribution is -2.55. The Morgan fingerprint density at radius 1 is 1.03 bits per heavy atom. The molecule has 2 aliphatic heterocycles. The molecule has 1 saturated heterocycles. The Bertz CT molecular complexity index is 992. The van der Waals surface area contributed by atoms with Crippen molar-refractivity contribution >= 4 is 23.9 Å². The van der Waals surface area contributed by atoms with Crippen LogP contribution in [-0.2, 0) is 7.05 Å². The quantitative estimate of drug-likeness (QED) is 0.695. The molecule has 0 radical (unpaired) electrons. The van der Waals surface area contributed by atoms with E-state index in [1.807, 2.05) is 57.3 Å². The lowest BCUT2D eigenvalue weighted by molar-refractivity contribution is 0.00343. The van der Waals surface area contributed by atoms with Crippen LogP contribution in [-0.4, -0.2) is 75.5 Å². The lowest BCUT2D eigenvalue weighted by atomic mass is 10.1. The zero-order chi connectivity index (χ0) is 23.5. The van der Waals surface area contributed by atoms with Crippen LogP contribution < -0.4 is 9.64 Å². The molecule has 2 aromatic rings. The van der Waals surface area contributed by atoms with E-state index in [0.717, 1.165) is 43.8 Å². The van der Waals surface area contributed by atoms with E-state index in [1.54, 1.807) is 9.47 Å². The number of imidazole rings is 1. The van der Waals surface area contributed by atoms with Crippen molar-refractivity contribution in [3.8, 4) is 5.75 Å². The Labute approximate surface area is 196 Å². The molecule has 1 amide bonds. The predicted octanol–water partition coefficient (Wildman–Crippen LogP) is 3.03. The Balaban J connectivity index is 1.47. The first kappa shape index (κ1) is 23.3. The van der Waals surface area contributed by atoms with Crippen molar-refractivity contribution in [1.29, 1.82) is 0 Å². The van der Waals surface area contributed by atoms with Gasteiger partial charge in [0.25, 0.3) is 5.91 Å². The predicted molar refractivity (Wildman–Crippen MR) is 130 cm³/mol. The number of aromatic nitrogens is 2. The number of fused-ring (bicyclic) bond motifs is 1. The third kappa shape index (κ3) is 4.63. The summed E-state index contributed by atoms with van der Waals surface area (Å²) in [4.78, 5) is 23.2. The molecule has 3 heterocycles. The second-order valence-electron chi connectivity index (χ2n) is 8.58. The first-order valence-electron chi connectivity index (χ1n) is 12.0. The molecule has 1 atom stereocenters. The number of aliphatic hydroxyl groups is 1. The Morgan fingerprint density at radius 3 is 2.30 bits per heavy atom. The average molecular weight is 454 g/mol. The number of rotatable bonds is 7. The van der Waals surface area contributed by atoms with Crippen LogP contribution in [0, 0.1) is 0 Å². The van der Waals surface area contributed by atoms with Gasteiger partial charge in [-0.3, -0.25) is 9.69 Å². The third-order valence-electron chi connectivity index (χ3n) is 6.68. The van der Waals surface area contributed by atoms with Crippen molar-refractivity contribution in [2.75, 3.05) is 37.6 Å². The van der Waals surface area contributed by atoms with E-state index in [0.29, 0.717) is 30.4 Å². The fourth-order valence-electron chi connectivity index (χ4n) is 4.59. The molecular formula is C25H35N5O3. The highest BCUT2D eigenvalue weighted by molar-refractivity contribution is 6.00. The smallest absolute Gasteiger partial charge is 0.277 e. The summed E-state index contributed by atoms with van der Waals surface area (Å²) < 4.78 is 7.97. The second-order valence-corrected chi connectivity index (χ2v) is 8.58. The molecule has 33 heavy (non-hydrogen) atoms. The first-order chi connectivity index (χ1) is 16.0. The topological polar surface area (TPSA) is 74.1 Å². The molecule has 1 aromatic heterocycles. The van der Waals surface area contributed by atoms with Crippen molar-refractivity contribution < 1.29 is 14.6 Å². The van der Waals surface area contributed by atoms with Crippen molar-refractivity contribution in [1.82, 2.24) is 19.4 Å². The molecule has 8 nitrogen and oxygen atoms in total. The summed E-state index contributed by atoms with van der Waals surface area (Å²) in [5.74, 6) is 1.89. The molecule has 1 aromatic carbocycles. The van der Waals surface area contributed by atoms with Crippen LogP contribution in [0.25, 0.3) is 12.2 Å². The molecule has 1 unspecified atom stereocenters. The molecule has 0 bridgehead atoms. The number of piperidine rings is 1. The maximum absolute atomic E-state index is 12.9. The summed E-state index contributed by atoms with van der Waals surface area (Å²) in [7, 11) is 1.84. The van der Waals surface area contributed by atoms with Crippen LogP contribution in [0.3, 0.4) is 0 Å². The van der Waals surface area contributed by atoms with E-state index in [4.69, 9.17) is 4.74 Å². The van der Waals surface area contributed by atoms with E-state index >= 15 is 0 Å². The van der Waals surface area contributed by atoms with Crippen LogP contribution in [0.2, 0.25) is 0 Å². The molecule has 178 valence electrons. The minimum atomic E-state index is -0.992. The van der Waals surface area contributed by atoms with Gasteiger partial charge in [-0.25, -0.2) is 4.98 Å². The highest BCUT2D eigenvalue weighted by Crippen LogP contribution is 2.30. The molecular weight excluding hydrogens is 418 g/mol. The van der Waals surface area contributed by atoms with Crippen LogP contribution in [0.1, 0.15) is 55.5 Å². The fourth-order valence-corrected chi connectivity index (χ4v) is 4.59. The largest absolute Gasteiger partial charge is 0.490 e. The molecule has 0 aliphatic carbocycles. The highest BCUT2D eigenvalue weighted by atomic mass is 16.5. The number of hydrogen-bond acceptors (Lipinski definition) is 6. The van der Waals surface area contributed by atoms with E-state index in [-0.39, 0.29) is 12.0 Å². The summed E-state index contributed by atoms with van der Waals surface area (Å²) in [5, 5.41) is 10.6. The number of hydrogen-bond donors (Lipinski definition) is 1. The van der Waals surface area contributed by atoms with Gasteiger partial charge in [0.15, 0.2) is 11.5 Å². The van der Waals surface area contributed by atoms with Gasteiger partial charge in [-0.05, 0) is 57.0 Å². The number of amides is 1. The maximum atomic E-state index is 12.9. The standard InChI is InChI=1S/C25H35N5O3/c1-5-28-16-14-20(15-17-28)33-19-11-8-18(9-12-19)10-13-21-26-23-22(27(21)4)24(31)30(7-3)25(32)29(23)6-2/h8-13,20,25,32H,5-7,14-17H2,1-4H3/b13-10+. The van der Waals surface area contributed by atoms with Crippen molar-refractivity contribution in [2.45, 2.75) is 46.1 Å². The SMILES string of the molecule is CCN1CCC(Oc2ccc(/C=C/c3nc4c(n3C)C(=O)N(CC)C(O)N4CC)cc2)CC1. The summed E-state index contributed by atoms with van der Waals surface area (Å²) in [6, 6.07) is 8.07. The molecule has 4 rings (SSSR count). The van der Waals surface area contributed by atoms with E-state index in [1.165, 1.54) is 4.90 Å². The summed E-state index contributed by atoms with van der Waals surface area (Å²) in [6.45, 7) is 10.3. The maximum Gasteiger partial charge on any atom is 0.277 e. The Hall–Kier alpha value is -2.84. The Morgan fingerprint density at radius 2 is 1.70 bits per heavy atom. The van der Waals surface area contributed by atoms with E-state index in [2.05, 4.69) is 16.8 Å². The lowest BCUT2D eigenvalue weighted by Gasteiger charge is -2.39. The normalized spacial score (nSPS) is 20.0. The number of benzene rings is 1. The van der Waals surface area contributed by atoms with Crippen molar-refractivity contribution in [3.63, 3.8) is 0 Å². The number of carbonyl (C=O) groups is 1. The van der Waals surface area contributed by atoms with Gasteiger partial charge in [0, 0.05) is 33.2 Å². The van der Waals surface area contributed by atoms with Crippen LogP contribution in [0.4, 0.5) is 5.82 Å². The zero-order valence-corrected chi connectivity index (χ0v) is 20.1. The number of likely N-dealkylation sites (tertiary alicyclic amines) is 1. The van der Waals surface area contributed by atoms with E-state index in [9.17, 15) is 9.90 Å². The third-order valence-corrected chi connectivity index (χ3v) is 6.68. The van der Waals surface area contributed by atoms with Crippen LogP contribution >= 0.6 is 0 Å². The molecule has 8 heteroatoms. The van der Waals surface area contributed by atoms with Gasteiger partial charge < -0.3 is 24.2 Å². The minimum Gasteiger partial charge on any atom is -0.490 e.